The molecule has 0 saturated carbocycles. The van der Waals surface area contributed by atoms with E-state index in [2.05, 4.69) is 5.32 Å². The third-order valence-corrected chi connectivity index (χ3v) is 4.76. The lowest BCUT2D eigenvalue weighted by molar-refractivity contribution is -0.143. The van der Waals surface area contributed by atoms with E-state index in [0.717, 1.165) is 27.2 Å². The van der Waals surface area contributed by atoms with Crippen molar-refractivity contribution in [1.82, 2.24) is 10.2 Å². The number of nitrogens with two attached hydrogens (primary N) is 1. The third kappa shape index (κ3) is 3.41. The lowest BCUT2D eigenvalue weighted by Crippen LogP contribution is -2.53. The quantitative estimate of drug-likeness (QED) is 0.692. The molecule has 0 heterocycles. The minimum absolute atomic E-state index is 0.278. The Morgan fingerprint density at radius 3 is 2.11 bits per heavy atom. The fraction of sp³-hybridized carbons (Fsp3) is 0.250. The van der Waals surface area contributed by atoms with Gasteiger partial charge in [0.15, 0.2) is 6.04 Å². The van der Waals surface area contributed by atoms with E-state index in [1.165, 1.54) is 7.11 Å². The predicted octanol–water partition coefficient (Wildman–Crippen LogP) is 1.35. The van der Waals surface area contributed by atoms with Crippen LogP contribution in [0.4, 0.5) is 4.79 Å². The van der Waals surface area contributed by atoms with E-state index in [1.54, 1.807) is 0 Å². The summed E-state index contributed by atoms with van der Waals surface area (Å²) in [6, 6.07) is 13.0. The number of aliphatic carboxylic acids is 1. The second-order valence-corrected chi connectivity index (χ2v) is 6.32. The first-order valence-electron chi connectivity index (χ1n) is 8.73. The van der Waals surface area contributed by atoms with Crippen LogP contribution in [0.15, 0.2) is 48.5 Å². The monoisotopic (exact) mass is 383 g/mol. The standard InChI is InChI=1S/C20H21N3O5/c1-28-20(27)23(16(19(25)26)11-22-17(24)10-21)18-14-8-4-2-6-12(14)13-7-3-5-9-15(13)18/h2-9,16,18H,10-11,21H2,1H3,(H,22,24)(H,25,26)/t16-/m0/s1. The van der Waals surface area contributed by atoms with E-state index in [-0.39, 0.29) is 13.1 Å². The van der Waals surface area contributed by atoms with Crippen LogP contribution in [0.5, 0.6) is 0 Å². The van der Waals surface area contributed by atoms with Crippen LogP contribution in [-0.2, 0) is 14.3 Å². The zero-order chi connectivity index (χ0) is 20.3. The lowest BCUT2D eigenvalue weighted by Gasteiger charge is -2.34. The Morgan fingerprint density at radius 1 is 1.11 bits per heavy atom. The second kappa shape index (κ2) is 8.10. The summed E-state index contributed by atoms with van der Waals surface area (Å²) in [5, 5.41) is 12.2. The van der Waals surface area contributed by atoms with Crippen molar-refractivity contribution in [2.45, 2.75) is 12.1 Å². The van der Waals surface area contributed by atoms with Crippen molar-refractivity contribution >= 4 is 18.0 Å². The summed E-state index contributed by atoms with van der Waals surface area (Å²) >= 11 is 0. The van der Waals surface area contributed by atoms with Gasteiger partial charge in [0.25, 0.3) is 0 Å². The number of hydrogen-bond donors (Lipinski definition) is 3. The highest BCUT2D eigenvalue weighted by Crippen LogP contribution is 2.46. The highest BCUT2D eigenvalue weighted by molar-refractivity contribution is 5.86. The van der Waals surface area contributed by atoms with Crippen molar-refractivity contribution in [3.8, 4) is 11.1 Å². The van der Waals surface area contributed by atoms with Gasteiger partial charge in [-0.2, -0.15) is 0 Å². The normalized spacial score (nSPS) is 13.2. The molecule has 28 heavy (non-hydrogen) atoms. The molecule has 3 rings (SSSR count). The summed E-state index contributed by atoms with van der Waals surface area (Å²) in [6.07, 6.45) is -0.800. The molecule has 0 aliphatic heterocycles. The van der Waals surface area contributed by atoms with Crippen molar-refractivity contribution in [3.05, 3.63) is 59.7 Å². The van der Waals surface area contributed by atoms with Crippen LogP contribution >= 0.6 is 0 Å². The number of fused-ring (bicyclic) bond motifs is 3. The summed E-state index contributed by atoms with van der Waals surface area (Å²) in [7, 11) is 1.19. The molecule has 0 fully saturated rings. The van der Waals surface area contributed by atoms with Gasteiger partial charge in [0.2, 0.25) is 5.91 Å². The lowest BCUT2D eigenvalue weighted by atomic mass is 10.0. The molecule has 0 unspecified atom stereocenters. The molecule has 8 nitrogen and oxygen atoms in total. The number of nitrogens with zero attached hydrogens (tertiary/aromatic N) is 1. The first kappa shape index (κ1) is 19.4. The Kier molecular flexibility index (Phi) is 5.60. The van der Waals surface area contributed by atoms with Crippen molar-refractivity contribution in [1.29, 1.82) is 0 Å². The molecule has 0 aromatic heterocycles. The van der Waals surface area contributed by atoms with E-state index >= 15 is 0 Å². The molecule has 4 N–H and O–H groups in total. The zero-order valence-corrected chi connectivity index (χ0v) is 15.3. The predicted molar refractivity (Wildman–Crippen MR) is 101 cm³/mol. The Bertz CT molecular complexity index is 869. The first-order chi connectivity index (χ1) is 13.5. The summed E-state index contributed by atoms with van der Waals surface area (Å²) in [6.45, 7) is -0.568. The van der Waals surface area contributed by atoms with Crippen LogP contribution in [0.2, 0.25) is 0 Å². The molecule has 1 atom stereocenters. The number of methoxy groups -OCH3 is 1. The number of amides is 2. The maximum absolute atomic E-state index is 12.7. The van der Waals surface area contributed by atoms with E-state index < -0.39 is 30.1 Å². The largest absolute Gasteiger partial charge is 0.480 e. The topological polar surface area (TPSA) is 122 Å². The van der Waals surface area contributed by atoms with E-state index in [4.69, 9.17) is 10.5 Å². The molecule has 8 heteroatoms. The molecule has 0 radical (unpaired) electrons. The van der Waals surface area contributed by atoms with Gasteiger partial charge in [0, 0.05) is 6.54 Å². The number of carbonyl (C=O) groups is 3. The van der Waals surface area contributed by atoms with Crippen LogP contribution < -0.4 is 11.1 Å². The Labute approximate surface area is 161 Å². The van der Waals surface area contributed by atoms with Crippen molar-refractivity contribution in [3.63, 3.8) is 0 Å². The van der Waals surface area contributed by atoms with Crippen LogP contribution in [-0.4, -0.2) is 54.2 Å². The molecule has 0 spiro atoms. The maximum atomic E-state index is 12.7. The molecule has 2 aromatic rings. The summed E-state index contributed by atoms with van der Waals surface area (Å²) in [5.41, 5.74) is 8.72. The molecule has 1 aliphatic rings. The van der Waals surface area contributed by atoms with Crippen LogP contribution in [0, 0.1) is 0 Å². The van der Waals surface area contributed by atoms with E-state index in [0.29, 0.717) is 0 Å². The smallest absolute Gasteiger partial charge is 0.411 e. The average molecular weight is 383 g/mol. The number of rotatable bonds is 6. The van der Waals surface area contributed by atoms with E-state index in [1.807, 2.05) is 48.5 Å². The van der Waals surface area contributed by atoms with Gasteiger partial charge in [0.1, 0.15) is 0 Å². The summed E-state index contributed by atoms with van der Waals surface area (Å²) < 4.78 is 4.91. The number of carboxylic acid groups (broad SMARTS) is 1. The first-order valence-corrected chi connectivity index (χ1v) is 8.73. The summed E-state index contributed by atoms with van der Waals surface area (Å²) in [4.78, 5) is 37.4. The molecular weight excluding hydrogens is 362 g/mol. The number of benzene rings is 2. The van der Waals surface area contributed by atoms with Gasteiger partial charge >= 0.3 is 12.1 Å². The Hall–Kier alpha value is -3.39. The molecule has 0 bridgehead atoms. The van der Waals surface area contributed by atoms with Gasteiger partial charge in [-0.1, -0.05) is 48.5 Å². The van der Waals surface area contributed by atoms with Crippen LogP contribution in [0.3, 0.4) is 0 Å². The molecule has 2 amide bonds. The van der Waals surface area contributed by atoms with Crippen LogP contribution in [0.1, 0.15) is 17.2 Å². The van der Waals surface area contributed by atoms with Gasteiger partial charge < -0.3 is 20.9 Å². The van der Waals surface area contributed by atoms with Crippen molar-refractivity contribution < 1.29 is 24.2 Å². The third-order valence-electron chi connectivity index (χ3n) is 4.76. The number of carbonyl (C=O) groups excluding carboxylic acids is 2. The SMILES string of the molecule is COC(=O)N(C1c2ccccc2-c2ccccc21)[C@@H](CNC(=O)CN)C(=O)O. The van der Waals surface area contributed by atoms with Crippen molar-refractivity contribution in [2.75, 3.05) is 20.2 Å². The van der Waals surface area contributed by atoms with E-state index in [9.17, 15) is 19.5 Å². The minimum atomic E-state index is -1.34. The number of ether oxygens (including phenoxy) is 1. The number of carboxylic acids is 1. The molecule has 0 saturated heterocycles. The van der Waals surface area contributed by atoms with Gasteiger partial charge in [-0.3, -0.25) is 9.69 Å². The zero-order valence-electron chi connectivity index (χ0n) is 15.3. The average Bonchev–Trinajstić information content (AvgIpc) is 3.04. The van der Waals surface area contributed by atoms with Gasteiger partial charge in [-0.25, -0.2) is 9.59 Å². The van der Waals surface area contributed by atoms with Gasteiger partial charge in [0.05, 0.1) is 19.7 Å². The Morgan fingerprint density at radius 2 is 1.64 bits per heavy atom. The Balaban J connectivity index is 2.10. The molecule has 1 aliphatic carbocycles. The highest BCUT2D eigenvalue weighted by atomic mass is 16.5. The fourth-order valence-corrected chi connectivity index (χ4v) is 3.53. The van der Waals surface area contributed by atoms with Gasteiger partial charge in [-0.05, 0) is 22.3 Å². The maximum Gasteiger partial charge on any atom is 0.411 e. The van der Waals surface area contributed by atoms with Crippen molar-refractivity contribution in [2.24, 2.45) is 5.73 Å². The highest BCUT2D eigenvalue weighted by Gasteiger charge is 2.42. The molecule has 2 aromatic carbocycles. The minimum Gasteiger partial charge on any atom is -0.480 e. The molecular formula is C20H21N3O5. The van der Waals surface area contributed by atoms with Gasteiger partial charge in [-0.15, -0.1) is 0 Å². The number of nitrogens with one attached hydrogen (secondary N) is 1. The number of hydrogen-bond acceptors (Lipinski definition) is 5. The second-order valence-electron chi connectivity index (χ2n) is 6.32. The van der Waals surface area contributed by atoms with Crippen LogP contribution in [0.25, 0.3) is 11.1 Å². The summed E-state index contributed by atoms with van der Waals surface area (Å²) in [5.74, 6) is -1.77. The molecule has 146 valence electrons. The fourth-order valence-electron chi connectivity index (χ4n) is 3.53.